The molecule has 29 heavy (non-hydrogen) atoms. The summed E-state index contributed by atoms with van der Waals surface area (Å²) in [5, 5.41) is 6.93. The van der Waals surface area contributed by atoms with Gasteiger partial charge in [-0.25, -0.2) is 4.99 Å². The molecule has 1 atom stereocenters. The number of methoxy groups -OCH3 is 2. The topological polar surface area (TPSA) is 58.1 Å². The van der Waals surface area contributed by atoms with Crippen molar-refractivity contribution in [3.05, 3.63) is 54.1 Å². The van der Waals surface area contributed by atoms with E-state index in [1.54, 1.807) is 14.2 Å². The summed E-state index contributed by atoms with van der Waals surface area (Å²) in [4.78, 5) is 7.09. The molecule has 0 spiro atoms. The SMILES string of the molecule is CCNC(=NCc1ccccc1)NC1CCN(c2cc(OC)cc(OC)c2)C1.I. The van der Waals surface area contributed by atoms with E-state index in [2.05, 4.69) is 46.7 Å². The molecule has 0 radical (unpaired) electrons. The second-order valence-corrected chi connectivity index (χ2v) is 6.83. The molecule has 6 nitrogen and oxygen atoms in total. The molecule has 2 aromatic carbocycles. The first-order chi connectivity index (χ1) is 13.7. The van der Waals surface area contributed by atoms with E-state index in [1.807, 2.05) is 24.3 Å². The zero-order valence-electron chi connectivity index (χ0n) is 17.4. The van der Waals surface area contributed by atoms with Gasteiger partial charge in [0.15, 0.2) is 5.96 Å². The summed E-state index contributed by atoms with van der Waals surface area (Å²) in [5.41, 5.74) is 2.32. The van der Waals surface area contributed by atoms with E-state index in [-0.39, 0.29) is 24.0 Å². The molecule has 7 heteroatoms. The Kier molecular flexibility index (Phi) is 9.37. The maximum atomic E-state index is 5.40. The lowest BCUT2D eigenvalue weighted by Gasteiger charge is -2.21. The molecule has 0 saturated carbocycles. The van der Waals surface area contributed by atoms with Crippen molar-refractivity contribution in [2.45, 2.75) is 25.9 Å². The predicted molar refractivity (Wildman–Crippen MR) is 130 cm³/mol. The number of nitrogens with one attached hydrogen (secondary N) is 2. The number of halogens is 1. The van der Waals surface area contributed by atoms with Crippen molar-refractivity contribution >= 4 is 35.6 Å². The van der Waals surface area contributed by atoms with Crippen LogP contribution in [0.3, 0.4) is 0 Å². The summed E-state index contributed by atoms with van der Waals surface area (Å²) in [5.74, 6) is 2.48. The van der Waals surface area contributed by atoms with E-state index in [0.29, 0.717) is 12.6 Å². The van der Waals surface area contributed by atoms with E-state index >= 15 is 0 Å². The Labute approximate surface area is 190 Å². The highest BCUT2D eigenvalue weighted by Crippen LogP contribution is 2.30. The Morgan fingerprint density at radius 2 is 1.79 bits per heavy atom. The summed E-state index contributed by atoms with van der Waals surface area (Å²) < 4.78 is 10.8. The van der Waals surface area contributed by atoms with Crippen LogP contribution in [-0.4, -0.2) is 45.9 Å². The first kappa shape index (κ1) is 23.1. The van der Waals surface area contributed by atoms with Crippen LogP contribution in [0.25, 0.3) is 0 Å². The van der Waals surface area contributed by atoms with Gasteiger partial charge in [-0.3, -0.25) is 0 Å². The van der Waals surface area contributed by atoms with Crippen molar-refractivity contribution in [3.8, 4) is 11.5 Å². The number of benzene rings is 2. The van der Waals surface area contributed by atoms with Crippen LogP contribution in [0.2, 0.25) is 0 Å². The monoisotopic (exact) mass is 510 g/mol. The van der Waals surface area contributed by atoms with Crippen LogP contribution in [0.15, 0.2) is 53.5 Å². The molecular formula is C22H31IN4O2. The molecule has 1 aliphatic heterocycles. The van der Waals surface area contributed by atoms with E-state index in [9.17, 15) is 0 Å². The van der Waals surface area contributed by atoms with Crippen molar-refractivity contribution in [2.75, 3.05) is 38.8 Å². The normalized spacial score (nSPS) is 16.2. The van der Waals surface area contributed by atoms with Crippen molar-refractivity contribution < 1.29 is 9.47 Å². The lowest BCUT2D eigenvalue weighted by atomic mass is 10.2. The maximum absolute atomic E-state index is 5.40. The fourth-order valence-corrected chi connectivity index (χ4v) is 3.35. The minimum Gasteiger partial charge on any atom is -0.497 e. The van der Waals surface area contributed by atoms with Gasteiger partial charge >= 0.3 is 0 Å². The maximum Gasteiger partial charge on any atom is 0.191 e. The highest BCUT2D eigenvalue weighted by Gasteiger charge is 2.24. The zero-order valence-corrected chi connectivity index (χ0v) is 19.7. The van der Waals surface area contributed by atoms with E-state index in [1.165, 1.54) is 5.56 Å². The second-order valence-electron chi connectivity index (χ2n) is 6.83. The van der Waals surface area contributed by atoms with Gasteiger partial charge in [0.05, 0.1) is 20.8 Å². The number of nitrogens with zero attached hydrogens (tertiary/aromatic N) is 2. The number of ether oxygens (including phenoxy) is 2. The van der Waals surface area contributed by atoms with Crippen molar-refractivity contribution in [1.82, 2.24) is 10.6 Å². The molecule has 1 aliphatic rings. The third kappa shape index (κ3) is 6.69. The molecule has 0 amide bonds. The molecular weight excluding hydrogens is 479 g/mol. The Hall–Kier alpha value is -2.16. The smallest absolute Gasteiger partial charge is 0.191 e. The van der Waals surface area contributed by atoms with Gasteiger partial charge in [-0.05, 0) is 18.9 Å². The van der Waals surface area contributed by atoms with Gasteiger partial charge in [0, 0.05) is 49.6 Å². The standard InChI is InChI=1S/C22H30N4O2.HI/c1-4-23-22(24-15-17-8-6-5-7-9-17)25-18-10-11-26(16-18)19-12-20(27-2)14-21(13-19)28-3;/h5-9,12-14,18H,4,10-11,15-16H2,1-3H3,(H2,23,24,25);1H. The lowest BCUT2D eigenvalue weighted by Crippen LogP contribution is -2.44. The Morgan fingerprint density at radius 3 is 2.41 bits per heavy atom. The number of rotatable bonds is 7. The Bertz CT molecular complexity index is 763. The highest BCUT2D eigenvalue weighted by atomic mass is 127. The van der Waals surface area contributed by atoms with Gasteiger partial charge in [0.2, 0.25) is 0 Å². The first-order valence-corrected chi connectivity index (χ1v) is 9.78. The number of anilines is 1. The fourth-order valence-electron chi connectivity index (χ4n) is 3.35. The summed E-state index contributed by atoms with van der Waals surface area (Å²) in [6.45, 7) is 5.48. The van der Waals surface area contributed by atoms with Gasteiger partial charge in [-0.1, -0.05) is 30.3 Å². The molecule has 0 aliphatic carbocycles. The number of hydrogen-bond acceptors (Lipinski definition) is 4. The molecule has 0 bridgehead atoms. The van der Waals surface area contributed by atoms with Gasteiger partial charge in [0.25, 0.3) is 0 Å². The zero-order chi connectivity index (χ0) is 19.8. The van der Waals surface area contributed by atoms with E-state index in [4.69, 9.17) is 14.5 Å². The largest absolute Gasteiger partial charge is 0.497 e. The summed E-state index contributed by atoms with van der Waals surface area (Å²) >= 11 is 0. The minimum atomic E-state index is 0. The third-order valence-electron chi connectivity index (χ3n) is 4.84. The van der Waals surface area contributed by atoms with Gasteiger partial charge < -0.3 is 25.0 Å². The van der Waals surface area contributed by atoms with E-state index in [0.717, 1.165) is 49.2 Å². The quantitative estimate of drug-likeness (QED) is 0.339. The number of hydrogen-bond donors (Lipinski definition) is 2. The van der Waals surface area contributed by atoms with E-state index < -0.39 is 0 Å². The van der Waals surface area contributed by atoms with Crippen LogP contribution >= 0.6 is 24.0 Å². The second kappa shape index (κ2) is 11.7. The molecule has 1 unspecified atom stereocenters. The van der Waals surface area contributed by atoms with Crippen LogP contribution < -0.4 is 25.0 Å². The predicted octanol–water partition coefficient (Wildman–Crippen LogP) is 3.66. The number of guanidine groups is 1. The van der Waals surface area contributed by atoms with Crippen LogP contribution in [0.1, 0.15) is 18.9 Å². The molecule has 0 aromatic heterocycles. The molecule has 1 fully saturated rings. The molecule has 1 saturated heterocycles. The van der Waals surface area contributed by atoms with Crippen molar-refractivity contribution in [3.63, 3.8) is 0 Å². The van der Waals surface area contributed by atoms with Crippen LogP contribution in [0.4, 0.5) is 5.69 Å². The third-order valence-corrected chi connectivity index (χ3v) is 4.84. The molecule has 158 valence electrons. The van der Waals surface area contributed by atoms with Crippen molar-refractivity contribution in [2.24, 2.45) is 4.99 Å². The fraction of sp³-hybridized carbons (Fsp3) is 0.409. The van der Waals surface area contributed by atoms with Crippen LogP contribution in [0.5, 0.6) is 11.5 Å². The number of aliphatic imine (C=N–C) groups is 1. The Balaban J connectivity index is 0.00000300. The van der Waals surface area contributed by atoms with Gasteiger partial charge in [-0.2, -0.15) is 0 Å². The van der Waals surface area contributed by atoms with Gasteiger partial charge in [0.1, 0.15) is 11.5 Å². The average molecular weight is 510 g/mol. The average Bonchev–Trinajstić information content (AvgIpc) is 3.21. The van der Waals surface area contributed by atoms with Crippen molar-refractivity contribution in [1.29, 1.82) is 0 Å². The molecule has 1 heterocycles. The van der Waals surface area contributed by atoms with Gasteiger partial charge in [-0.15, -0.1) is 24.0 Å². The molecule has 2 N–H and O–H groups in total. The molecule has 2 aromatic rings. The minimum absolute atomic E-state index is 0. The summed E-state index contributed by atoms with van der Waals surface area (Å²) in [6, 6.07) is 16.7. The summed E-state index contributed by atoms with van der Waals surface area (Å²) in [7, 11) is 3.36. The molecule has 3 rings (SSSR count). The summed E-state index contributed by atoms with van der Waals surface area (Å²) in [6.07, 6.45) is 1.05. The highest BCUT2D eigenvalue weighted by molar-refractivity contribution is 14.0. The Morgan fingerprint density at radius 1 is 1.10 bits per heavy atom. The van der Waals surface area contributed by atoms with Crippen LogP contribution in [-0.2, 0) is 6.54 Å². The first-order valence-electron chi connectivity index (χ1n) is 9.78. The lowest BCUT2D eigenvalue weighted by molar-refractivity contribution is 0.394. The van der Waals surface area contributed by atoms with Crippen LogP contribution in [0, 0.1) is 0 Å².